The van der Waals surface area contributed by atoms with Gasteiger partial charge in [0.1, 0.15) is 0 Å². The van der Waals surface area contributed by atoms with Gasteiger partial charge in [-0.25, -0.2) is 0 Å². The minimum atomic E-state index is 0.691. The van der Waals surface area contributed by atoms with Crippen molar-refractivity contribution in [3.05, 3.63) is 53.3 Å². The Balaban J connectivity index is 2.59. The van der Waals surface area contributed by atoms with Crippen molar-refractivity contribution >= 4 is 0 Å². The summed E-state index contributed by atoms with van der Waals surface area (Å²) in [5.41, 5.74) is 4.77. The number of aromatic nitrogens is 1. The molecule has 0 aliphatic carbocycles. The van der Waals surface area contributed by atoms with Crippen LogP contribution in [0.2, 0.25) is 0 Å². The molecule has 2 rings (SSSR count). The van der Waals surface area contributed by atoms with Crippen molar-refractivity contribution in [2.45, 2.75) is 13.8 Å². The molecule has 0 saturated heterocycles. The molecule has 0 unspecified atom stereocenters. The van der Waals surface area contributed by atoms with Gasteiger partial charge in [-0.05, 0) is 26.0 Å². The van der Waals surface area contributed by atoms with E-state index in [2.05, 4.69) is 11.1 Å². The van der Waals surface area contributed by atoms with E-state index in [1.54, 1.807) is 0 Å². The second-order valence-corrected chi connectivity index (χ2v) is 3.85. The van der Waals surface area contributed by atoms with E-state index in [1.807, 2.05) is 50.4 Å². The highest BCUT2D eigenvalue weighted by atomic mass is 14.7. The summed E-state index contributed by atoms with van der Waals surface area (Å²) in [5.74, 6) is 0. The van der Waals surface area contributed by atoms with Crippen LogP contribution in [0.3, 0.4) is 0 Å². The SMILES string of the molecule is Cc1ccc(C#N)c(-c2ccc(C)nc2)c1. The van der Waals surface area contributed by atoms with Gasteiger partial charge in [0.05, 0.1) is 11.6 Å². The molecule has 2 nitrogen and oxygen atoms in total. The summed E-state index contributed by atoms with van der Waals surface area (Å²) in [7, 11) is 0. The second-order valence-electron chi connectivity index (χ2n) is 3.85. The van der Waals surface area contributed by atoms with Crippen molar-refractivity contribution in [2.75, 3.05) is 0 Å². The number of pyridine rings is 1. The topological polar surface area (TPSA) is 36.7 Å². The average Bonchev–Trinajstić information content (AvgIpc) is 2.30. The van der Waals surface area contributed by atoms with E-state index < -0.39 is 0 Å². The molecule has 0 atom stereocenters. The van der Waals surface area contributed by atoms with Crippen LogP contribution in [0.5, 0.6) is 0 Å². The van der Waals surface area contributed by atoms with Crippen LogP contribution in [0.4, 0.5) is 0 Å². The minimum absolute atomic E-state index is 0.691. The van der Waals surface area contributed by atoms with Crippen molar-refractivity contribution in [2.24, 2.45) is 0 Å². The maximum atomic E-state index is 9.05. The zero-order valence-corrected chi connectivity index (χ0v) is 9.36. The second kappa shape index (κ2) is 4.16. The Morgan fingerprint density at radius 2 is 1.94 bits per heavy atom. The molecule has 2 heteroatoms. The van der Waals surface area contributed by atoms with Crippen LogP contribution < -0.4 is 0 Å². The molecule has 2 aromatic rings. The normalized spacial score (nSPS) is 9.81. The lowest BCUT2D eigenvalue weighted by Crippen LogP contribution is -1.88. The van der Waals surface area contributed by atoms with Gasteiger partial charge in [-0.15, -0.1) is 0 Å². The van der Waals surface area contributed by atoms with Crippen LogP contribution in [0.25, 0.3) is 11.1 Å². The first-order valence-electron chi connectivity index (χ1n) is 5.14. The largest absolute Gasteiger partial charge is 0.261 e. The predicted octanol–water partition coefficient (Wildman–Crippen LogP) is 3.24. The van der Waals surface area contributed by atoms with Crippen LogP contribution >= 0.6 is 0 Å². The Hall–Kier alpha value is -2.14. The number of hydrogen-bond acceptors (Lipinski definition) is 2. The lowest BCUT2D eigenvalue weighted by Gasteiger charge is -2.05. The first-order valence-corrected chi connectivity index (χ1v) is 5.14. The lowest BCUT2D eigenvalue weighted by atomic mass is 9.99. The fourth-order valence-corrected chi connectivity index (χ4v) is 1.62. The Bertz CT molecular complexity index is 548. The molecule has 0 aliphatic heterocycles. The van der Waals surface area contributed by atoms with Crippen LogP contribution in [0.1, 0.15) is 16.8 Å². The molecular weight excluding hydrogens is 196 g/mol. The summed E-state index contributed by atoms with van der Waals surface area (Å²) in [4.78, 5) is 4.25. The fraction of sp³-hybridized carbons (Fsp3) is 0.143. The molecule has 0 amide bonds. The van der Waals surface area contributed by atoms with E-state index in [9.17, 15) is 0 Å². The van der Waals surface area contributed by atoms with E-state index in [0.29, 0.717) is 5.56 Å². The summed E-state index contributed by atoms with van der Waals surface area (Å²) in [6.07, 6.45) is 1.81. The molecule has 0 aliphatic rings. The van der Waals surface area contributed by atoms with Gasteiger partial charge in [-0.1, -0.05) is 23.8 Å². The summed E-state index contributed by atoms with van der Waals surface area (Å²) in [6, 6.07) is 12.0. The lowest BCUT2D eigenvalue weighted by molar-refractivity contribution is 1.20. The summed E-state index contributed by atoms with van der Waals surface area (Å²) in [6.45, 7) is 3.97. The molecule has 78 valence electrons. The van der Waals surface area contributed by atoms with Gasteiger partial charge >= 0.3 is 0 Å². The van der Waals surface area contributed by atoms with Crippen molar-refractivity contribution in [3.63, 3.8) is 0 Å². The molecule has 0 saturated carbocycles. The third kappa shape index (κ3) is 1.94. The summed E-state index contributed by atoms with van der Waals surface area (Å²) >= 11 is 0. The number of nitrogens with zero attached hydrogens (tertiary/aromatic N) is 2. The van der Waals surface area contributed by atoms with Gasteiger partial charge in [0.25, 0.3) is 0 Å². The van der Waals surface area contributed by atoms with E-state index in [0.717, 1.165) is 22.4 Å². The first-order chi connectivity index (χ1) is 7.70. The third-order valence-corrected chi connectivity index (χ3v) is 2.52. The van der Waals surface area contributed by atoms with Gasteiger partial charge in [0, 0.05) is 23.0 Å². The average molecular weight is 208 g/mol. The first kappa shape index (κ1) is 10.4. The highest BCUT2D eigenvalue weighted by Gasteiger charge is 2.05. The highest BCUT2D eigenvalue weighted by Crippen LogP contribution is 2.23. The van der Waals surface area contributed by atoms with Crippen molar-refractivity contribution in [1.29, 1.82) is 5.26 Å². The van der Waals surface area contributed by atoms with Crippen LogP contribution in [-0.4, -0.2) is 4.98 Å². The molecule has 0 N–H and O–H groups in total. The maximum absolute atomic E-state index is 9.05. The monoisotopic (exact) mass is 208 g/mol. The predicted molar refractivity (Wildman–Crippen MR) is 63.9 cm³/mol. The number of nitriles is 1. The van der Waals surface area contributed by atoms with Crippen LogP contribution in [-0.2, 0) is 0 Å². The van der Waals surface area contributed by atoms with Crippen LogP contribution in [0, 0.1) is 25.2 Å². The Labute approximate surface area is 95.2 Å². The molecule has 16 heavy (non-hydrogen) atoms. The van der Waals surface area contributed by atoms with Crippen molar-refractivity contribution in [1.82, 2.24) is 4.98 Å². The number of aryl methyl sites for hydroxylation is 2. The fourth-order valence-electron chi connectivity index (χ4n) is 1.62. The quantitative estimate of drug-likeness (QED) is 0.721. The van der Waals surface area contributed by atoms with E-state index in [4.69, 9.17) is 5.26 Å². The summed E-state index contributed by atoms with van der Waals surface area (Å²) < 4.78 is 0. The van der Waals surface area contributed by atoms with E-state index in [1.165, 1.54) is 0 Å². The zero-order valence-electron chi connectivity index (χ0n) is 9.36. The number of rotatable bonds is 1. The zero-order chi connectivity index (χ0) is 11.5. The molecule has 0 spiro atoms. The Morgan fingerprint density at radius 1 is 1.12 bits per heavy atom. The van der Waals surface area contributed by atoms with Gasteiger partial charge in [-0.3, -0.25) is 4.98 Å². The summed E-state index contributed by atoms with van der Waals surface area (Å²) in [5, 5.41) is 9.05. The molecule has 0 fully saturated rings. The van der Waals surface area contributed by atoms with Crippen molar-refractivity contribution < 1.29 is 0 Å². The maximum Gasteiger partial charge on any atom is 0.0998 e. The van der Waals surface area contributed by atoms with Crippen molar-refractivity contribution in [3.8, 4) is 17.2 Å². The van der Waals surface area contributed by atoms with Gasteiger partial charge in [-0.2, -0.15) is 5.26 Å². The Morgan fingerprint density at radius 3 is 2.56 bits per heavy atom. The van der Waals surface area contributed by atoms with Gasteiger partial charge < -0.3 is 0 Å². The number of benzene rings is 1. The van der Waals surface area contributed by atoms with Gasteiger partial charge in [0.15, 0.2) is 0 Å². The highest BCUT2D eigenvalue weighted by molar-refractivity contribution is 5.70. The molecule has 0 radical (unpaired) electrons. The third-order valence-electron chi connectivity index (χ3n) is 2.52. The molecule has 0 bridgehead atoms. The minimum Gasteiger partial charge on any atom is -0.261 e. The molecular formula is C14H12N2. The Kier molecular flexibility index (Phi) is 2.70. The smallest absolute Gasteiger partial charge is 0.0998 e. The van der Waals surface area contributed by atoms with Crippen LogP contribution in [0.15, 0.2) is 36.5 Å². The molecule has 1 heterocycles. The molecule has 1 aromatic heterocycles. The molecule has 1 aromatic carbocycles. The number of hydrogen-bond donors (Lipinski definition) is 0. The standard InChI is InChI=1S/C14H12N2/c1-10-3-5-12(8-15)14(7-10)13-6-4-11(2)16-9-13/h3-7,9H,1-2H3. The van der Waals surface area contributed by atoms with E-state index >= 15 is 0 Å². The van der Waals surface area contributed by atoms with E-state index in [-0.39, 0.29) is 0 Å². The van der Waals surface area contributed by atoms with Gasteiger partial charge in [0.2, 0.25) is 0 Å².